The number of nitrogens with one attached hydrogen (secondary N) is 1. The second-order valence-electron chi connectivity index (χ2n) is 4.49. The third-order valence-corrected chi connectivity index (χ3v) is 3.05. The Morgan fingerprint density at radius 2 is 1.95 bits per heavy atom. The molecule has 0 heterocycles. The van der Waals surface area contributed by atoms with Gasteiger partial charge in [0.05, 0.1) is 0 Å². The zero-order chi connectivity index (χ0) is 15.3. The maximum atomic E-state index is 11.5. The number of carbonyl (C=O) groups excluding carboxylic acids is 2. The highest BCUT2D eigenvalue weighted by molar-refractivity contribution is 7.80. The van der Waals surface area contributed by atoms with Crippen LogP contribution in [0, 0.1) is 0 Å². The van der Waals surface area contributed by atoms with Gasteiger partial charge in [0.15, 0.2) is 0 Å². The van der Waals surface area contributed by atoms with Crippen molar-refractivity contribution in [2.75, 3.05) is 26.0 Å². The van der Waals surface area contributed by atoms with Crippen molar-refractivity contribution >= 4 is 34.7 Å². The van der Waals surface area contributed by atoms with Crippen LogP contribution in [0.2, 0.25) is 0 Å². The lowest BCUT2D eigenvalue weighted by Gasteiger charge is -2.22. The van der Waals surface area contributed by atoms with Gasteiger partial charge in [-0.1, -0.05) is 24.4 Å². The molecule has 0 unspecified atom stereocenters. The standard InChI is InChI=1S/C13H18N4O2S/c1-16(2)10-6-4-5-9(7-10)13(20)17(3)15-12(19)8-11(14)18/h4-7H,8H2,1-3H3,(H2,14,18)(H,15,19). The molecule has 108 valence electrons. The van der Waals surface area contributed by atoms with Gasteiger partial charge in [-0.25, -0.2) is 0 Å². The van der Waals surface area contributed by atoms with Crippen molar-refractivity contribution in [2.45, 2.75) is 6.42 Å². The van der Waals surface area contributed by atoms with Gasteiger partial charge in [0.2, 0.25) is 11.8 Å². The molecular weight excluding hydrogens is 276 g/mol. The van der Waals surface area contributed by atoms with Crippen molar-refractivity contribution in [2.24, 2.45) is 5.73 Å². The highest BCUT2D eigenvalue weighted by Crippen LogP contribution is 2.14. The minimum Gasteiger partial charge on any atom is -0.378 e. The quantitative estimate of drug-likeness (QED) is 0.473. The largest absolute Gasteiger partial charge is 0.378 e. The number of primary amides is 1. The van der Waals surface area contributed by atoms with E-state index in [4.69, 9.17) is 18.0 Å². The summed E-state index contributed by atoms with van der Waals surface area (Å²) < 4.78 is 0. The van der Waals surface area contributed by atoms with E-state index in [9.17, 15) is 9.59 Å². The fourth-order valence-electron chi connectivity index (χ4n) is 1.55. The third-order valence-electron chi connectivity index (χ3n) is 2.54. The molecule has 1 rings (SSSR count). The molecule has 1 aromatic rings. The molecule has 0 saturated heterocycles. The number of hydrogen-bond donors (Lipinski definition) is 2. The maximum absolute atomic E-state index is 11.5. The van der Waals surface area contributed by atoms with Crippen LogP contribution in [0.25, 0.3) is 0 Å². The van der Waals surface area contributed by atoms with Crippen molar-refractivity contribution in [3.05, 3.63) is 29.8 Å². The lowest BCUT2D eigenvalue weighted by Crippen LogP contribution is -2.44. The van der Waals surface area contributed by atoms with E-state index in [0.29, 0.717) is 4.99 Å². The Labute approximate surface area is 123 Å². The third kappa shape index (κ3) is 4.51. The lowest BCUT2D eigenvalue weighted by molar-refractivity contribution is -0.129. The number of rotatable bonds is 4. The number of carbonyl (C=O) groups is 2. The highest BCUT2D eigenvalue weighted by atomic mass is 32.1. The minimum atomic E-state index is -0.684. The van der Waals surface area contributed by atoms with Crippen LogP contribution < -0.4 is 16.1 Å². The minimum absolute atomic E-state index is 0.370. The number of hydrazine groups is 1. The van der Waals surface area contributed by atoms with Crippen LogP contribution in [0.4, 0.5) is 5.69 Å². The van der Waals surface area contributed by atoms with E-state index < -0.39 is 11.8 Å². The summed E-state index contributed by atoms with van der Waals surface area (Å²) in [5.74, 6) is -1.18. The van der Waals surface area contributed by atoms with E-state index in [2.05, 4.69) is 5.43 Å². The van der Waals surface area contributed by atoms with Crippen molar-refractivity contribution in [1.29, 1.82) is 0 Å². The van der Waals surface area contributed by atoms with E-state index in [1.165, 1.54) is 5.01 Å². The summed E-state index contributed by atoms with van der Waals surface area (Å²) in [6, 6.07) is 7.61. The van der Waals surface area contributed by atoms with E-state index in [1.54, 1.807) is 7.05 Å². The number of thiocarbonyl (C=S) groups is 1. The summed E-state index contributed by atoms with van der Waals surface area (Å²) in [6.45, 7) is 0. The van der Waals surface area contributed by atoms with E-state index in [-0.39, 0.29) is 6.42 Å². The van der Waals surface area contributed by atoms with E-state index in [1.807, 2.05) is 43.3 Å². The molecule has 2 amide bonds. The Kier molecular flexibility index (Phi) is 5.45. The second-order valence-corrected chi connectivity index (χ2v) is 4.87. The molecule has 1 aromatic carbocycles. The van der Waals surface area contributed by atoms with Crippen LogP contribution in [-0.2, 0) is 9.59 Å². The summed E-state index contributed by atoms with van der Waals surface area (Å²) in [4.78, 5) is 24.5. The fraction of sp³-hybridized carbons (Fsp3) is 0.308. The number of hydrogen-bond acceptors (Lipinski definition) is 4. The van der Waals surface area contributed by atoms with Crippen molar-refractivity contribution < 1.29 is 9.59 Å². The van der Waals surface area contributed by atoms with Gasteiger partial charge < -0.3 is 10.6 Å². The Balaban J connectivity index is 2.76. The molecule has 0 saturated carbocycles. The molecule has 0 aliphatic carbocycles. The molecule has 3 N–H and O–H groups in total. The van der Waals surface area contributed by atoms with Crippen molar-refractivity contribution in [3.63, 3.8) is 0 Å². The van der Waals surface area contributed by atoms with Gasteiger partial charge in [-0.15, -0.1) is 0 Å². The molecular formula is C13H18N4O2S. The first-order chi connectivity index (χ1) is 9.31. The van der Waals surface area contributed by atoms with Crippen LogP contribution >= 0.6 is 12.2 Å². The van der Waals surface area contributed by atoms with Crippen LogP contribution in [0.1, 0.15) is 12.0 Å². The maximum Gasteiger partial charge on any atom is 0.247 e. The molecule has 20 heavy (non-hydrogen) atoms. The van der Waals surface area contributed by atoms with Gasteiger partial charge in [0.25, 0.3) is 0 Å². The molecule has 0 spiro atoms. The molecule has 0 aromatic heterocycles. The SMILES string of the molecule is CN(NC(=O)CC(N)=O)C(=S)c1cccc(N(C)C)c1. The molecule has 7 heteroatoms. The van der Waals surface area contributed by atoms with Crippen LogP contribution in [0.15, 0.2) is 24.3 Å². The number of nitrogens with two attached hydrogens (primary N) is 1. The number of amides is 2. The Bertz CT molecular complexity index is 531. The van der Waals surface area contributed by atoms with Crippen LogP contribution in [-0.4, -0.2) is 43.0 Å². The average molecular weight is 294 g/mol. The predicted octanol–water partition coefficient (Wildman–Crippen LogP) is 0.267. The molecule has 0 atom stereocenters. The smallest absolute Gasteiger partial charge is 0.247 e. The van der Waals surface area contributed by atoms with Gasteiger partial charge in [-0.05, 0) is 12.1 Å². The Hall–Kier alpha value is -2.15. The highest BCUT2D eigenvalue weighted by Gasteiger charge is 2.12. The van der Waals surface area contributed by atoms with Gasteiger partial charge in [0, 0.05) is 32.4 Å². The van der Waals surface area contributed by atoms with Gasteiger partial charge in [0.1, 0.15) is 11.4 Å². The van der Waals surface area contributed by atoms with Crippen molar-refractivity contribution in [3.8, 4) is 0 Å². The van der Waals surface area contributed by atoms with Gasteiger partial charge >= 0.3 is 0 Å². The first kappa shape index (κ1) is 15.9. The molecule has 0 aliphatic rings. The average Bonchev–Trinajstić information content (AvgIpc) is 2.36. The summed E-state index contributed by atoms with van der Waals surface area (Å²) in [5, 5.41) is 1.40. The first-order valence-electron chi connectivity index (χ1n) is 5.94. The molecule has 0 bridgehead atoms. The second kappa shape index (κ2) is 6.85. The lowest BCUT2D eigenvalue weighted by atomic mass is 10.2. The number of nitrogens with zero attached hydrogens (tertiary/aromatic N) is 2. The molecule has 6 nitrogen and oxygen atoms in total. The molecule has 0 fully saturated rings. The molecule has 0 aliphatic heterocycles. The Morgan fingerprint density at radius 1 is 1.30 bits per heavy atom. The summed E-state index contributed by atoms with van der Waals surface area (Å²) in [7, 11) is 5.48. The van der Waals surface area contributed by atoms with Crippen molar-refractivity contribution in [1.82, 2.24) is 10.4 Å². The summed E-state index contributed by atoms with van der Waals surface area (Å²) in [5.41, 5.74) is 9.25. The van der Waals surface area contributed by atoms with Crippen LogP contribution in [0.3, 0.4) is 0 Å². The normalized spacial score (nSPS) is 9.75. The van der Waals surface area contributed by atoms with E-state index in [0.717, 1.165) is 11.3 Å². The Morgan fingerprint density at radius 3 is 2.50 bits per heavy atom. The topological polar surface area (TPSA) is 78.7 Å². The van der Waals surface area contributed by atoms with Gasteiger partial charge in [-0.3, -0.25) is 20.0 Å². The number of anilines is 1. The fourth-order valence-corrected chi connectivity index (χ4v) is 1.72. The zero-order valence-corrected chi connectivity index (χ0v) is 12.5. The predicted molar refractivity (Wildman–Crippen MR) is 82.2 cm³/mol. The monoisotopic (exact) mass is 294 g/mol. The zero-order valence-electron chi connectivity index (χ0n) is 11.7. The number of benzene rings is 1. The summed E-state index contributed by atoms with van der Waals surface area (Å²) >= 11 is 5.30. The molecule has 0 radical (unpaired) electrons. The summed E-state index contributed by atoms with van der Waals surface area (Å²) in [6.07, 6.45) is -0.370. The van der Waals surface area contributed by atoms with E-state index >= 15 is 0 Å². The van der Waals surface area contributed by atoms with Crippen LogP contribution in [0.5, 0.6) is 0 Å². The van der Waals surface area contributed by atoms with Gasteiger partial charge in [-0.2, -0.15) is 0 Å². The first-order valence-corrected chi connectivity index (χ1v) is 6.35.